The largest absolute Gasteiger partial charge is 0.459 e. The van der Waals surface area contributed by atoms with Gasteiger partial charge in [0.25, 0.3) is 11.8 Å². The van der Waals surface area contributed by atoms with Gasteiger partial charge in [-0.1, -0.05) is 6.07 Å². The average Bonchev–Trinajstić information content (AvgIpc) is 3.11. The third-order valence-electron chi connectivity index (χ3n) is 5.60. The number of amides is 2. The quantitative estimate of drug-likeness (QED) is 0.770. The molecule has 27 heavy (non-hydrogen) atoms. The smallest absolute Gasteiger partial charge is 0.289 e. The van der Waals surface area contributed by atoms with Crippen LogP contribution in [0.3, 0.4) is 0 Å². The fourth-order valence-corrected chi connectivity index (χ4v) is 4.06. The van der Waals surface area contributed by atoms with Gasteiger partial charge >= 0.3 is 0 Å². The highest BCUT2D eigenvalue weighted by molar-refractivity contribution is 6.00. The lowest BCUT2D eigenvalue weighted by Crippen LogP contribution is -2.41. The number of furan rings is 1. The highest BCUT2D eigenvalue weighted by atomic mass is 16.3. The van der Waals surface area contributed by atoms with Crippen LogP contribution in [0.2, 0.25) is 0 Å². The molecule has 5 rings (SSSR count). The molecule has 138 valence electrons. The van der Waals surface area contributed by atoms with Crippen molar-refractivity contribution < 1.29 is 14.0 Å². The van der Waals surface area contributed by atoms with E-state index in [-0.39, 0.29) is 23.8 Å². The summed E-state index contributed by atoms with van der Waals surface area (Å²) in [6, 6.07) is 8.98. The molecule has 4 heterocycles. The van der Waals surface area contributed by atoms with Crippen LogP contribution in [0.25, 0.3) is 5.52 Å². The maximum atomic E-state index is 12.9. The number of hydrogen-bond acceptors (Lipinski definition) is 4. The summed E-state index contributed by atoms with van der Waals surface area (Å²) in [4.78, 5) is 27.3. The standard InChI is InChI=1S/C20H20N4O3/c25-19(14-10-21-24-8-2-1-4-17(14)24)22-16-12-23(11-15(16)13-6-7-13)20(26)18-5-3-9-27-18/h1-5,8-10,13,15-16H,6-7,11-12H2,(H,22,25)/t15-,16+/m0/s1. The predicted octanol–water partition coefficient (Wildman–Crippen LogP) is 2.21. The minimum atomic E-state index is -0.140. The van der Waals surface area contributed by atoms with Crippen LogP contribution in [0.1, 0.15) is 33.8 Å². The Labute approximate surface area is 155 Å². The van der Waals surface area contributed by atoms with Crippen molar-refractivity contribution in [1.29, 1.82) is 0 Å². The highest BCUT2D eigenvalue weighted by Crippen LogP contribution is 2.41. The first-order valence-electron chi connectivity index (χ1n) is 9.27. The van der Waals surface area contributed by atoms with E-state index in [1.54, 1.807) is 27.7 Å². The molecule has 1 aliphatic carbocycles. The minimum absolute atomic E-state index is 0.0532. The van der Waals surface area contributed by atoms with E-state index in [9.17, 15) is 9.59 Å². The van der Waals surface area contributed by atoms with Crippen LogP contribution >= 0.6 is 0 Å². The zero-order valence-corrected chi connectivity index (χ0v) is 14.7. The van der Waals surface area contributed by atoms with E-state index in [1.165, 1.54) is 6.26 Å². The fourth-order valence-electron chi connectivity index (χ4n) is 4.06. The van der Waals surface area contributed by atoms with E-state index >= 15 is 0 Å². The van der Waals surface area contributed by atoms with Gasteiger partial charge in [0.15, 0.2) is 5.76 Å². The number of hydrogen-bond donors (Lipinski definition) is 1. The van der Waals surface area contributed by atoms with Crippen molar-refractivity contribution in [3.63, 3.8) is 0 Å². The number of likely N-dealkylation sites (tertiary alicyclic amines) is 1. The summed E-state index contributed by atoms with van der Waals surface area (Å²) >= 11 is 0. The molecular formula is C20H20N4O3. The number of rotatable bonds is 4. The number of nitrogens with one attached hydrogen (secondary N) is 1. The van der Waals surface area contributed by atoms with E-state index in [1.807, 2.05) is 24.4 Å². The molecule has 2 atom stereocenters. The molecule has 1 aliphatic heterocycles. The van der Waals surface area contributed by atoms with E-state index in [0.717, 1.165) is 18.4 Å². The van der Waals surface area contributed by atoms with Crippen molar-refractivity contribution in [3.8, 4) is 0 Å². The first-order chi connectivity index (χ1) is 13.2. The summed E-state index contributed by atoms with van der Waals surface area (Å²) in [5.41, 5.74) is 1.33. The molecule has 3 aromatic heterocycles. The molecule has 2 amide bonds. The van der Waals surface area contributed by atoms with Gasteiger partial charge in [0.1, 0.15) is 0 Å². The van der Waals surface area contributed by atoms with Gasteiger partial charge in [0.05, 0.1) is 29.6 Å². The van der Waals surface area contributed by atoms with Crippen molar-refractivity contribution in [2.24, 2.45) is 11.8 Å². The Bertz CT molecular complexity index is 990. The van der Waals surface area contributed by atoms with Gasteiger partial charge in [-0.05, 0) is 43.0 Å². The lowest BCUT2D eigenvalue weighted by Gasteiger charge is -2.18. The van der Waals surface area contributed by atoms with Crippen LogP contribution in [-0.2, 0) is 0 Å². The average molecular weight is 364 g/mol. The predicted molar refractivity (Wildman–Crippen MR) is 97.3 cm³/mol. The van der Waals surface area contributed by atoms with Crippen molar-refractivity contribution >= 4 is 17.3 Å². The number of carbonyl (C=O) groups excluding carboxylic acids is 2. The second kappa shape index (κ2) is 6.26. The lowest BCUT2D eigenvalue weighted by atomic mass is 9.98. The number of carbonyl (C=O) groups is 2. The molecule has 1 N–H and O–H groups in total. The third-order valence-corrected chi connectivity index (χ3v) is 5.60. The maximum absolute atomic E-state index is 12.9. The monoisotopic (exact) mass is 364 g/mol. The molecule has 0 radical (unpaired) electrons. The zero-order chi connectivity index (χ0) is 18.4. The van der Waals surface area contributed by atoms with Crippen molar-refractivity contribution in [2.45, 2.75) is 18.9 Å². The van der Waals surface area contributed by atoms with Gasteiger partial charge in [0, 0.05) is 25.2 Å². The molecular weight excluding hydrogens is 344 g/mol. The molecule has 2 aliphatic rings. The molecule has 0 spiro atoms. The van der Waals surface area contributed by atoms with E-state index in [0.29, 0.717) is 30.3 Å². The topological polar surface area (TPSA) is 79.8 Å². The Morgan fingerprint density at radius 2 is 2.04 bits per heavy atom. The zero-order valence-electron chi connectivity index (χ0n) is 14.7. The van der Waals surface area contributed by atoms with Crippen LogP contribution in [0, 0.1) is 11.8 Å². The molecule has 0 unspecified atom stereocenters. The molecule has 1 saturated carbocycles. The number of aromatic nitrogens is 2. The molecule has 1 saturated heterocycles. The van der Waals surface area contributed by atoms with E-state index in [4.69, 9.17) is 4.42 Å². The summed E-state index contributed by atoms with van der Waals surface area (Å²) in [6.07, 6.45) is 7.25. The van der Waals surface area contributed by atoms with Crippen LogP contribution in [0.15, 0.2) is 53.4 Å². The second-order valence-electron chi connectivity index (χ2n) is 7.36. The third kappa shape index (κ3) is 2.89. The summed E-state index contributed by atoms with van der Waals surface area (Å²) in [7, 11) is 0. The first-order valence-corrected chi connectivity index (χ1v) is 9.27. The van der Waals surface area contributed by atoms with Crippen LogP contribution in [-0.4, -0.2) is 45.5 Å². The van der Waals surface area contributed by atoms with Gasteiger partial charge in [-0.25, -0.2) is 4.52 Å². The Balaban J connectivity index is 1.35. The summed E-state index contributed by atoms with van der Waals surface area (Å²) in [5, 5.41) is 7.39. The van der Waals surface area contributed by atoms with Gasteiger partial charge in [0.2, 0.25) is 0 Å². The molecule has 2 fully saturated rings. The van der Waals surface area contributed by atoms with Crippen LogP contribution in [0.5, 0.6) is 0 Å². The van der Waals surface area contributed by atoms with Crippen molar-refractivity contribution in [2.75, 3.05) is 13.1 Å². The van der Waals surface area contributed by atoms with Crippen molar-refractivity contribution in [3.05, 3.63) is 60.3 Å². The Morgan fingerprint density at radius 1 is 1.15 bits per heavy atom. The van der Waals surface area contributed by atoms with Gasteiger partial charge < -0.3 is 14.6 Å². The van der Waals surface area contributed by atoms with Gasteiger partial charge in [-0.2, -0.15) is 5.10 Å². The molecule has 0 aromatic carbocycles. The Morgan fingerprint density at radius 3 is 2.81 bits per heavy atom. The molecule has 0 bridgehead atoms. The number of nitrogens with zero attached hydrogens (tertiary/aromatic N) is 3. The highest BCUT2D eigenvalue weighted by Gasteiger charge is 2.45. The summed E-state index contributed by atoms with van der Waals surface area (Å²) in [5.74, 6) is 0.958. The Hall–Kier alpha value is -3.09. The Kier molecular flexibility index (Phi) is 3.74. The molecule has 7 heteroatoms. The van der Waals surface area contributed by atoms with E-state index in [2.05, 4.69) is 10.4 Å². The summed E-state index contributed by atoms with van der Waals surface area (Å²) in [6.45, 7) is 1.16. The van der Waals surface area contributed by atoms with E-state index < -0.39 is 0 Å². The van der Waals surface area contributed by atoms with Crippen LogP contribution in [0.4, 0.5) is 0 Å². The normalized spacial score (nSPS) is 22.3. The van der Waals surface area contributed by atoms with Gasteiger partial charge in [-0.15, -0.1) is 0 Å². The first kappa shape index (κ1) is 16.1. The maximum Gasteiger partial charge on any atom is 0.289 e. The SMILES string of the molecule is O=C(N[C@@H]1CN(C(=O)c2ccco2)C[C@H]1C1CC1)c1cnn2ccccc12. The fraction of sp³-hybridized carbons (Fsp3) is 0.350. The lowest BCUT2D eigenvalue weighted by molar-refractivity contribution is 0.0749. The number of fused-ring (bicyclic) bond motifs is 1. The number of pyridine rings is 1. The molecule has 3 aromatic rings. The minimum Gasteiger partial charge on any atom is -0.459 e. The van der Waals surface area contributed by atoms with Crippen molar-refractivity contribution in [1.82, 2.24) is 19.8 Å². The molecule has 7 nitrogen and oxygen atoms in total. The van der Waals surface area contributed by atoms with Gasteiger partial charge in [-0.3, -0.25) is 9.59 Å². The second-order valence-corrected chi connectivity index (χ2v) is 7.36. The van der Waals surface area contributed by atoms with Crippen LogP contribution < -0.4 is 5.32 Å². The summed E-state index contributed by atoms with van der Waals surface area (Å²) < 4.78 is 6.94.